The van der Waals surface area contributed by atoms with E-state index in [1.807, 2.05) is 13.8 Å². The van der Waals surface area contributed by atoms with Gasteiger partial charge in [0.1, 0.15) is 0 Å². The fourth-order valence-corrected chi connectivity index (χ4v) is 1.69. The molecule has 6 nitrogen and oxygen atoms in total. The van der Waals surface area contributed by atoms with Gasteiger partial charge < -0.3 is 20.9 Å². The number of rotatable bonds is 9. The molecule has 0 aliphatic carbocycles. The minimum Gasteiger partial charge on any atom is -0.481 e. The SMILES string of the molecule is CCC(CC)(CNC(=O)CC(CN)OC)C(=O)O. The predicted molar refractivity (Wildman–Crippen MR) is 68.1 cm³/mol. The van der Waals surface area contributed by atoms with E-state index in [0.29, 0.717) is 12.8 Å². The highest BCUT2D eigenvalue weighted by molar-refractivity contribution is 5.79. The van der Waals surface area contributed by atoms with Crippen molar-refractivity contribution in [2.75, 3.05) is 20.2 Å². The Hall–Kier alpha value is -1.14. The molecule has 0 aromatic carbocycles. The van der Waals surface area contributed by atoms with E-state index in [0.717, 1.165) is 0 Å². The molecule has 0 saturated heterocycles. The first-order chi connectivity index (χ1) is 8.45. The predicted octanol–water partition coefficient (Wildman–Crippen LogP) is 0.357. The average Bonchev–Trinajstić information content (AvgIpc) is 2.37. The molecule has 106 valence electrons. The van der Waals surface area contributed by atoms with Crippen molar-refractivity contribution in [1.29, 1.82) is 0 Å². The molecule has 0 aliphatic heterocycles. The van der Waals surface area contributed by atoms with E-state index in [2.05, 4.69) is 5.32 Å². The van der Waals surface area contributed by atoms with Crippen molar-refractivity contribution in [1.82, 2.24) is 5.32 Å². The van der Waals surface area contributed by atoms with Crippen LogP contribution in [0.5, 0.6) is 0 Å². The molecule has 4 N–H and O–H groups in total. The molecule has 0 aromatic rings. The number of carboxylic acids is 1. The number of hydrogen-bond donors (Lipinski definition) is 3. The monoisotopic (exact) mass is 260 g/mol. The second-order valence-electron chi connectivity index (χ2n) is 4.37. The summed E-state index contributed by atoms with van der Waals surface area (Å²) in [7, 11) is 1.49. The van der Waals surface area contributed by atoms with E-state index in [4.69, 9.17) is 10.5 Å². The Balaban J connectivity index is 4.36. The summed E-state index contributed by atoms with van der Waals surface area (Å²) in [4.78, 5) is 22.9. The molecule has 0 bridgehead atoms. The molecule has 0 rings (SSSR count). The quantitative estimate of drug-likeness (QED) is 0.555. The van der Waals surface area contributed by atoms with E-state index >= 15 is 0 Å². The molecule has 0 saturated carbocycles. The summed E-state index contributed by atoms with van der Waals surface area (Å²) in [6, 6.07) is 0. The highest BCUT2D eigenvalue weighted by atomic mass is 16.5. The lowest BCUT2D eigenvalue weighted by atomic mass is 9.82. The number of ether oxygens (including phenoxy) is 1. The van der Waals surface area contributed by atoms with Crippen molar-refractivity contribution in [3.63, 3.8) is 0 Å². The molecular formula is C12H24N2O4. The van der Waals surface area contributed by atoms with Crippen LogP contribution in [-0.2, 0) is 14.3 Å². The highest BCUT2D eigenvalue weighted by Crippen LogP contribution is 2.25. The standard InChI is InChI=1S/C12H24N2O4/c1-4-12(5-2,11(16)17)8-14-10(15)6-9(7-13)18-3/h9H,4-8,13H2,1-3H3,(H,14,15)(H,16,17). The van der Waals surface area contributed by atoms with Crippen LogP contribution < -0.4 is 11.1 Å². The lowest BCUT2D eigenvalue weighted by Gasteiger charge is -2.27. The lowest BCUT2D eigenvalue weighted by Crippen LogP contribution is -2.43. The number of hydrogen-bond acceptors (Lipinski definition) is 4. The topological polar surface area (TPSA) is 102 Å². The Kier molecular flexibility index (Phi) is 7.54. The van der Waals surface area contributed by atoms with Gasteiger partial charge in [-0.3, -0.25) is 9.59 Å². The number of nitrogens with two attached hydrogens (primary N) is 1. The fourth-order valence-electron chi connectivity index (χ4n) is 1.69. The van der Waals surface area contributed by atoms with Crippen LogP contribution in [0.1, 0.15) is 33.1 Å². The first-order valence-electron chi connectivity index (χ1n) is 6.18. The van der Waals surface area contributed by atoms with E-state index in [1.165, 1.54) is 7.11 Å². The van der Waals surface area contributed by atoms with Gasteiger partial charge in [0.05, 0.1) is 17.9 Å². The largest absolute Gasteiger partial charge is 0.481 e. The van der Waals surface area contributed by atoms with E-state index in [-0.39, 0.29) is 31.5 Å². The lowest BCUT2D eigenvalue weighted by molar-refractivity contribution is -0.149. The minimum absolute atomic E-state index is 0.134. The molecule has 18 heavy (non-hydrogen) atoms. The molecule has 0 aliphatic rings. The smallest absolute Gasteiger partial charge is 0.311 e. The Labute approximate surface area is 108 Å². The Bertz CT molecular complexity index is 273. The van der Waals surface area contributed by atoms with Crippen LogP contribution in [0.25, 0.3) is 0 Å². The molecule has 0 spiro atoms. The van der Waals surface area contributed by atoms with Gasteiger partial charge in [0, 0.05) is 20.2 Å². The average molecular weight is 260 g/mol. The summed E-state index contributed by atoms with van der Waals surface area (Å²) in [5, 5.41) is 11.9. The van der Waals surface area contributed by atoms with Crippen molar-refractivity contribution < 1.29 is 19.4 Å². The normalized spacial score (nSPS) is 13.1. The molecule has 1 unspecified atom stereocenters. The van der Waals surface area contributed by atoms with E-state index in [1.54, 1.807) is 0 Å². The van der Waals surface area contributed by atoms with Crippen LogP contribution in [0, 0.1) is 5.41 Å². The minimum atomic E-state index is -0.888. The van der Waals surface area contributed by atoms with Gasteiger partial charge in [0.15, 0.2) is 0 Å². The van der Waals surface area contributed by atoms with Gasteiger partial charge in [-0.1, -0.05) is 13.8 Å². The number of aliphatic carboxylic acids is 1. The van der Waals surface area contributed by atoms with E-state index in [9.17, 15) is 14.7 Å². The number of carboxylic acid groups (broad SMARTS) is 1. The Morgan fingerprint density at radius 1 is 1.39 bits per heavy atom. The highest BCUT2D eigenvalue weighted by Gasteiger charge is 2.35. The van der Waals surface area contributed by atoms with Crippen molar-refractivity contribution in [2.45, 2.75) is 39.2 Å². The molecule has 1 atom stereocenters. The number of nitrogens with one attached hydrogen (secondary N) is 1. The summed E-state index contributed by atoms with van der Waals surface area (Å²) in [6.07, 6.45) is 0.774. The summed E-state index contributed by atoms with van der Waals surface area (Å²) in [5.74, 6) is -1.12. The molecule has 6 heteroatoms. The van der Waals surface area contributed by atoms with Crippen molar-refractivity contribution in [3.8, 4) is 0 Å². The van der Waals surface area contributed by atoms with Gasteiger partial charge in [-0.15, -0.1) is 0 Å². The molecule has 1 amide bonds. The molecule has 0 fully saturated rings. The Morgan fingerprint density at radius 2 is 1.94 bits per heavy atom. The van der Waals surface area contributed by atoms with Gasteiger partial charge in [-0.25, -0.2) is 0 Å². The number of amides is 1. The maximum atomic E-state index is 11.6. The van der Waals surface area contributed by atoms with Crippen LogP contribution in [0.3, 0.4) is 0 Å². The van der Waals surface area contributed by atoms with Crippen LogP contribution in [-0.4, -0.2) is 43.3 Å². The zero-order valence-corrected chi connectivity index (χ0v) is 11.4. The third-order valence-electron chi connectivity index (χ3n) is 3.44. The zero-order chi connectivity index (χ0) is 14.2. The summed E-state index contributed by atoms with van der Waals surface area (Å²) < 4.78 is 5.00. The van der Waals surface area contributed by atoms with Crippen LogP contribution in [0.4, 0.5) is 0 Å². The second-order valence-corrected chi connectivity index (χ2v) is 4.37. The van der Waals surface area contributed by atoms with Gasteiger partial charge >= 0.3 is 5.97 Å². The van der Waals surface area contributed by atoms with Gasteiger partial charge in [-0.2, -0.15) is 0 Å². The van der Waals surface area contributed by atoms with Gasteiger partial charge in [0.2, 0.25) is 5.91 Å². The molecule has 0 radical (unpaired) electrons. The van der Waals surface area contributed by atoms with Gasteiger partial charge in [0.25, 0.3) is 0 Å². The van der Waals surface area contributed by atoms with Crippen molar-refractivity contribution >= 4 is 11.9 Å². The summed E-state index contributed by atoms with van der Waals surface area (Å²) in [5.41, 5.74) is 4.53. The molecular weight excluding hydrogens is 236 g/mol. The summed E-state index contributed by atoms with van der Waals surface area (Å²) in [6.45, 7) is 4.01. The van der Waals surface area contributed by atoms with Gasteiger partial charge in [-0.05, 0) is 12.8 Å². The van der Waals surface area contributed by atoms with Crippen molar-refractivity contribution in [3.05, 3.63) is 0 Å². The third-order valence-corrected chi connectivity index (χ3v) is 3.44. The van der Waals surface area contributed by atoms with Crippen LogP contribution in [0.2, 0.25) is 0 Å². The first kappa shape index (κ1) is 16.9. The second kappa shape index (κ2) is 8.05. The maximum absolute atomic E-state index is 11.6. The summed E-state index contributed by atoms with van der Waals surface area (Å²) >= 11 is 0. The molecule has 0 aromatic heterocycles. The maximum Gasteiger partial charge on any atom is 0.311 e. The first-order valence-corrected chi connectivity index (χ1v) is 6.18. The number of carbonyl (C=O) groups excluding carboxylic acids is 1. The molecule has 0 heterocycles. The zero-order valence-electron chi connectivity index (χ0n) is 11.4. The van der Waals surface area contributed by atoms with Crippen molar-refractivity contribution in [2.24, 2.45) is 11.1 Å². The van der Waals surface area contributed by atoms with Crippen LogP contribution >= 0.6 is 0 Å². The third kappa shape index (κ3) is 4.62. The Morgan fingerprint density at radius 3 is 2.28 bits per heavy atom. The number of carbonyl (C=O) groups is 2. The number of methoxy groups -OCH3 is 1. The fraction of sp³-hybridized carbons (Fsp3) is 0.833. The van der Waals surface area contributed by atoms with Crippen LogP contribution in [0.15, 0.2) is 0 Å². The van der Waals surface area contributed by atoms with E-state index < -0.39 is 11.4 Å².